The average molecular weight is 325 g/mol. The second-order valence-electron chi connectivity index (χ2n) is 7.43. The predicted molar refractivity (Wildman–Crippen MR) is 95.5 cm³/mol. The van der Waals surface area contributed by atoms with E-state index in [-0.39, 0.29) is 5.41 Å². The predicted octanol–water partition coefficient (Wildman–Crippen LogP) is 3.78. The number of nitrogens with zero attached hydrogens (tertiary/aromatic N) is 1. The van der Waals surface area contributed by atoms with Gasteiger partial charge in [-0.25, -0.2) is 0 Å². The number of methoxy groups -OCH3 is 1. The van der Waals surface area contributed by atoms with Crippen molar-refractivity contribution in [3.63, 3.8) is 0 Å². The van der Waals surface area contributed by atoms with Crippen molar-refractivity contribution in [3.8, 4) is 0 Å². The third kappa shape index (κ3) is 3.03. The summed E-state index contributed by atoms with van der Waals surface area (Å²) in [5.41, 5.74) is 3.15. The van der Waals surface area contributed by atoms with Gasteiger partial charge in [0, 0.05) is 25.0 Å². The molecule has 0 saturated carbocycles. The fourth-order valence-electron chi connectivity index (χ4n) is 4.36. The van der Waals surface area contributed by atoms with E-state index in [1.807, 2.05) is 0 Å². The second kappa shape index (κ2) is 6.73. The zero-order chi connectivity index (χ0) is 16.4. The Balaban J connectivity index is 1.40. The molecule has 3 aliphatic rings. The molecule has 2 aliphatic heterocycles. The number of hydrogen-bond acceptors (Lipinski definition) is 3. The van der Waals surface area contributed by atoms with Crippen LogP contribution in [0.2, 0.25) is 0 Å². The van der Waals surface area contributed by atoms with Gasteiger partial charge >= 0.3 is 0 Å². The van der Waals surface area contributed by atoms with Gasteiger partial charge < -0.3 is 9.47 Å². The van der Waals surface area contributed by atoms with E-state index < -0.39 is 0 Å². The van der Waals surface area contributed by atoms with E-state index in [9.17, 15) is 0 Å². The van der Waals surface area contributed by atoms with E-state index in [4.69, 9.17) is 9.47 Å². The monoisotopic (exact) mass is 325 g/mol. The van der Waals surface area contributed by atoms with Gasteiger partial charge in [-0.1, -0.05) is 36.4 Å². The first-order valence-corrected chi connectivity index (χ1v) is 9.10. The molecular formula is C21H27NO2. The third-order valence-corrected chi connectivity index (χ3v) is 5.80. The summed E-state index contributed by atoms with van der Waals surface area (Å²) in [4.78, 5) is 2.58. The molecular weight excluding hydrogens is 298 g/mol. The van der Waals surface area contributed by atoms with Crippen LogP contribution in [0.3, 0.4) is 0 Å². The molecule has 1 aliphatic carbocycles. The van der Waals surface area contributed by atoms with E-state index in [0.717, 1.165) is 45.0 Å². The minimum atomic E-state index is 0.261. The van der Waals surface area contributed by atoms with Crippen LogP contribution in [0.15, 0.2) is 53.8 Å². The van der Waals surface area contributed by atoms with Crippen molar-refractivity contribution < 1.29 is 9.47 Å². The van der Waals surface area contributed by atoms with E-state index in [0.29, 0.717) is 5.92 Å². The molecule has 3 heteroatoms. The standard InChI is InChI=1S/C21H27NO2/c1-23-15-18-7-8-19-20(13-18)24-16-21(19)9-11-22(12-10-21)14-17-5-3-2-4-6-17/h2-6,8,13,18H,7,9-12,14-16H2,1H3. The highest BCUT2D eigenvalue weighted by atomic mass is 16.5. The molecule has 128 valence electrons. The Bertz CT molecular complexity index is 626. The molecule has 0 aromatic heterocycles. The highest BCUT2D eigenvalue weighted by molar-refractivity contribution is 5.40. The van der Waals surface area contributed by atoms with Gasteiger partial charge in [-0.2, -0.15) is 0 Å². The van der Waals surface area contributed by atoms with Crippen LogP contribution in [0.5, 0.6) is 0 Å². The van der Waals surface area contributed by atoms with Crippen molar-refractivity contribution >= 4 is 0 Å². The fourth-order valence-corrected chi connectivity index (χ4v) is 4.36. The quantitative estimate of drug-likeness (QED) is 0.841. The maximum absolute atomic E-state index is 6.10. The normalized spacial score (nSPS) is 25.8. The minimum absolute atomic E-state index is 0.261. The Morgan fingerprint density at radius 2 is 2.00 bits per heavy atom. The van der Waals surface area contributed by atoms with Crippen molar-refractivity contribution in [2.75, 3.05) is 33.4 Å². The number of piperidine rings is 1. The van der Waals surface area contributed by atoms with Crippen LogP contribution < -0.4 is 0 Å². The molecule has 0 amide bonds. The zero-order valence-corrected chi connectivity index (χ0v) is 14.5. The fraction of sp³-hybridized carbons (Fsp3) is 0.524. The molecule has 4 rings (SSSR count). The van der Waals surface area contributed by atoms with Crippen LogP contribution in [0, 0.1) is 11.3 Å². The van der Waals surface area contributed by atoms with Gasteiger partial charge in [0.2, 0.25) is 0 Å². The lowest BCUT2D eigenvalue weighted by atomic mass is 9.72. The van der Waals surface area contributed by atoms with Crippen molar-refractivity contribution in [2.24, 2.45) is 11.3 Å². The van der Waals surface area contributed by atoms with Crippen molar-refractivity contribution in [2.45, 2.75) is 25.8 Å². The van der Waals surface area contributed by atoms with Crippen LogP contribution in [-0.4, -0.2) is 38.3 Å². The first-order valence-electron chi connectivity index (χ1n) is 9.10. The van der Waals surface area contributed by atoms with Crippen LogP contribution in [0.1, 0.15) is 24.8 Å². The summed E-state index contributed by atoms with van der Waals surface area (Å²) in [6.45, 7) is 5.03. The molecule has 1 atom stereocenters. The van der Waals surface area contributed by atoms with Gasteiger partial charge in [0.25, 0.3) is 0 Å². The molecule has 2 heterocycles. The summed E-state index contributed by atoms with van der Waals surface area (Å²) in [7, 11) is 1.77. The Morgan fingerprint density at radius 3 is 2.75 bits per heavy atom. The highest BCUT2D eigenvalue weighted by Gasteiger charge is 2.45. The first kappa shape index (κ1) is 15.9. The molecule has 2 fully saturated rings. The Morgan fingerprint density at radius 1 is 1.21 bits per heavy atom. The number of benzene rings is 1. The van der Waals surface area contributed by atoms with Gasteiger partial charge in [0.1, 0.15) is 5.76 Å². The van der Waals surface area contributed by atoms with E-state index >= 15 is 0 Å². The summed E-state index contributed by atoms with van der Waals surface area (Å²) >= 11 is 0. The van der Waals surface area contributed by atoms with Crippen LogP contribution in [0.4, 0.5) is 0 Å². The molecule has 1 unspecified atom stereocenters. The van der Waals surface area contributed by atoms with Gasteiger partial charge in [0.15, 0.2) is 0 Å². The largest absolute Gasteiger partial charge is 0.493 e. The van der Waals surface area contributed by atoms with Crippen LogP contribution in [-0.2, 0) is 16.0 Å². The van der Waals surface area contributed by atoms with Gasteiger partial charge in [-0.15, -0.1) is 0 Å². The summed E-state index contributed by atoms with van der Waals surface area (Å²) < 4.78 is 11.4. The molecule has 0 bridgehead atoms. The molecule has 0 N–H and O–H groups in total. The van der Waals surface area contributed by atoms with Gasteiger partial charge in [-0.05, 0) is 49.6 Å². The molecule has 1 aromatic carbocycles. The zero-order valence-electron chi connectivity index (χ0n) is 14.5. The number of likely N-dealkylation sites (tertiary alicyclic amines) is 1. The maximum atomic E-state index is 6.10. The van der Waals surface area contributed by atoms with E-state index in [2.05, 4.69) is 47.4 Å². The van der Waals surface area contributed by atoms with Crippen LogP contribution >= 0.6 is 0 Å². The topological polar surface area (TPSA) is 21.7 Å². The number of ether oxygens (including phenoxy) is 2. The number of hydrogen-bond donors (Lipinski definition) is 0. The Kier molecular flexibility index (Phi) is 4.47. The summed E-state index contributed by atoms with van der Waals surface area (Å²) in [6.07, 6.45) is 8.23. The Labute approximate surface area is 144 Å². The highest BCUT2D eigenvalue weighted by Crippen LogP contribution is 2.50. The third-order valence-electron chi connectivity index (χ3n) is 5.80. The molecule has 0 radical (unpaired) electrons. The molecule has 1 aromatic rings. The smallest absolute Gasteiger partial charge is 0.119 e. The van der Waals surface area contributed by atoms with Crippen molar-refractivity contribution in [3.05, 3.63) is 59.4 Å². The lowest BCUT2D eigenvalue weighted by Crippen LogP contribution is -2.41. The first-order chi connectivity index (χ1) is 11.8. The van der Waals surface area contributed by atoms with Crippen molar-refractivity contribution in [1.29, 1.82) is 0 Å². The number of fused-ring (bicyclic) bond motifs is 2. The minimum Gasteiger partial charge on any atom is -0.493 e. The number of allylic oxidation sites excluding steroid dienone is 2. The molecule has 3 nitrogen and oxygen atoms in total. The molecule has 2 saturated heterocycles. The Hall–Kier alpha value is -1.58. The lowest BCUT2D eigenvalue weighted by Gasteiger charge is -2.39. The van der Waals surface area contributed by atoms with Gasteiger partial charge in [-0.3, -0.25) is 4.90 Å². The SMILES string of the molecule is COCC1C=C2OCC3(CCN(Cc4ccccc4)CC3)C2=CC1. The lowest BCUT2D eigenvalue weighted by molar-refractivity contribution is 0.0950. The molecule has 24 heavy (non-hydrogen) atoms. The van der Waals surface area contributed by atoms with E-state index in [1.54, 1.807) is 7.11 Å². The van der Waals surface area contributed by atoms with Crippen LogP contribution in [0.25, 0.3) is 0 Å². The van der Waals surface area contributed by atoms with Gasteiger partial charge in [0.05, 0.1) is 13.2 Å². The van der Waals surface area contributed by atoms with Crippen molar-refractivity contribution in [1.82, 2.24) is 4.90 Å². The average Bonchev–Trinajstić information content (AvgIpc) is 2.96. The molecule has 1 spiro atoms. The second-order valence-corrected chi connectivity index (χ2v) is 7.43. The number of rotatable bonds is 4. The summed E-state index contributed by atoms with van der Waals surface area (Å²) in [5.74, 6) is 1.61. The maximum Gasteiger partial charge on any atom is 0.119 e. The summed E-state index contributed by atoms with van der Waals surface area (Å²) in [6, 6.07) is 10.8. The van der Waals surface area contributed by atoms with E-state index in [1.165, 1.54) is 24.0 Å². The summed E-state index contributed by atoms with van der Waals surface area (Å²) in [5, 5.41) is 0.